The summed E-state index contributed by atoms with van der Waals surface area (Å²) in [6.45, 7) is 1.42. The molecule has 4 rings (SSSR count). The molecule has 0 aromatic heterocycles. The molecule has 3 fully saturated rings. The summed E-state index contributed by atoms with van der Waals surface area (Å²) < 4.78 is 0. The van der Waals surface area contributed by atoms with Crippen LogP contribution in [0.15, 0.2) is 30.3 Å². The van der Waals surface area contributed by atoms with Crippen molar-refractivity contribution in [3.8, 4) is 0 Å². The van der Waals surface area contributed by atoms with Gasteiger partial charge in [-0.15, -0.1) is 0 Å². The SMILES string of the molecule is O=C1C[C@H](c2ccccc2)C2(CCN(C(=O)NC3CC3)CC2)N1. The van der Waals surface area contributed by atoms with Crippen molar-refractivity contribution in [1.82, 2.24) is 15.5 Å². The first-order valence-electron chi connectivity index (χ1n) is 8.58. The average molecular weight is 313 g/mol. The number of amides is 3. The van der Waals surface area contributed by atoms with Gasteiger partial charge in [-0.25, -0.2) is 4.79 Å². The summed E-state index contributed by atoms with van der Waals surface area (Å²) in [5.41, 5.74) is 1.04. The first-order valence-corrected chi connectivity index (χ1v) is 8.58. The van der Waals surface area contributed by atoms with Gasteiger partial charge in [-0.05, 0) is 31.2 Å². The van der Waals surface area contributed by atoms with Crippen molar-refractivity contribution in [3.63, 3.8) is 0 Å². The van der Waals surface area contributed by atoms with Crippen LogP contribution in [0.1, 0.15) is 43.6 Å². The minimum Gasteiger partial charge on any atom is -0.350 e. The molecule has 2 N–H and O–H groups in total. The molecule has 122 valence electrons. The summed E-state index contributed by atoms with van der Waals surface area (Å²) >= 11 is 0. The first-order chi connectivity index (χ1) is 11.2. The van der Waals surface area contributed by atoms with Crippen LogP contribution >= 0.6 is 0 Å². The lowest BCUT2D eigenvalue weighted by Gasteiger charge is -2.42. The summed E-state index contributed by atoms with van der Waals surface area (Å²) in [6, 6.07) is 10.7. The zero-order valence-corrected chi connectivity index (χ0v) is 13.3. The van der Waals surface area contributed by atoms with E-state index in [-0.39, 0.29) is 23.4 Å². The molecule has 1 aliphatic carbocycles. The minimum atomic E-state index is -0.186. The number of benzene rings is 1. The third-order valence-electron chi connectivity index (χ3n) is 5.49. The van der Waals surface area contributed by atoms with Gasteiger partial charge in [-0.2, -0.15) is 0 Å². The summed E-state index contributed by atoms with van der Waals surface area (Å²) in [5, 5.41) is 6.29. The number of likely N-dealkylation sites (tertiary alicyclic amines) is 1. The van der Waals surface area contributed by atoms with E-state index in [4.69, 9.17) is 0 Å². The highest BCUT2D eigenvalue weighted by Crippen LogP contribution is 2.43. The standard InChI is InChI=1S/C18H23N3O2/c22-16-12-15(13-4-2-1-3-5-13)18(20-16)8-10-21(11-9-18)17(23)19-14-6-7-14/h1-5,14-15H,6-12H2,(H,19,23)(H,20,22)/t15-/m1/s1. The number of carbonyl (C=O) groups is 2. The third-order valence-corrected chi connectivity index (χ3v) is 5.49. The van der Waals surface area contributed by atoms with E-state index in [1.807, 2.05) is 23.1 Å². The molecule has 5 heteroatoms. The molecule has 0 unspecified atom stereocenters. The Hall–Kier alpha value is -2.04. The smallest absolute Gasteiger partial charge is 0.317 e. The molecule has 3 aliphatic rings. The van der Waals surface area contributed by atoms with E-state index in [0.717, 1.165) is 25.7 Å². The highest BCUT2D eigenvalue weighted by atomic mass is 16.2. The van der Waals surface area contributed by atoms with E-state index in [0.29, 0.717) is 25.6 Å². The van der Waals surface area contributed by atoms with Crippen LogP contribution in [0.3, 0.4) is 0 Å². The highest BCUT2D eigenvalue weighted by Gasteiger charge is 2.49. The van der Waals surface area contributed by atoms with Gasteiger partial charge in [-0.1, -0.05) is 30.3 Å². The largest absolute Gasteiger partial charge is 0.350 e. The van der Waals surface area contributed by atoms with Crippen LogP contribution in [-0.2, 0) is 4.79 Å². The van der Waals surface area contributed by atoms with Gasteiger partial charge in [0.25, 0.3) is 0 Å². The number of hydrogen-bond acceptors (Lipinski definition) is 2. The number of hydrogen-bond donors (Lipinski definition) is 2. The Balaban J connectivity index is 1.47. The second kappa shape index (κ2) is 5.55. The zero-order chi connectivity index (χ0) is 15.9. The van der Waals surface area contributed by atoms with Crippen LogP contribution in [0.4, 0.5) is 4.79 Å². The average Bonchev–Trinajstić information content (AvgIpc) is 3.32. The molecule has 1 atom stereocenters. The van der Waals surface area contributed by atoms with Gasteiger partial charge in [0.15, 0.2) is 0 Å². The minimum absolute atomic E-state index is 0.0583. The van der Waals surface area contributed by atoms with Crippen molar-refractivity contribution in [2.24, 2.45) is 0 Å². The van der Waals surface area contributed by atoms with Crippen LogP contribution < -0.4 is 10.6 Å². The monoisotopic (exact) mass is 313 g/mol. The number of piperidine rings is 1. The quantitative estimate of drug-likeness (QED) is 0.877. The van der Waals surface area contributed by atoms with Crippen LogP contribution in [0, 0.1) is 0 Å². The topological polar surface area (TPSA) is 61.4 Å². The summed E-state index contributed by atoms with van der Waals surface area (Å²) in [6.07, 6.45) is 4.43. The molecule has 5 nitrogen and oxygen atoms in total. The lowest BCUT2D eigenvalue weighted by Crippen LogP contribution is -2.56. The molecule has 2 aliphatic heterocycles. The highest BCUT2D eigenvalue weighted by molar-refractivity contribution is 5.82. The Labute approximate surface area is 136 Å². The van der Waals surface area contributed by atoms with Gasteiger partial charge in [0.2, 0.25) is 5.91 Å². The lowest BCUT2D eigenvalue weighted by molar-refractivity contribution is -0.120. The third kappa shape index (κ3) is 2.80. The molecule has 2 saturated heterocycles. The number of nitrogens with one attached hydrogen (secondary N) is 2. The second-order valence-corrected chi connectivity index (χ2v) is 7.08. The molecule has 3 amide bonds. The van der Waals surface area contributed by atoms with E-state index in [9.17, 15) is 9.59 Å². The Morgan fingerprint density at radius 3 is 2.52 bits per heavy atom. The molecule has 23 heavy (non-hydrogen) atoms. The van der Waals surface area contributed by atoms with Crippen LogP contribution in [0.25, 0.3) is 0 Å². The maximum atomic E-state index is 12.2. The van der Waals surface area contributed by atoms with E-state index < -0.39 is 0 Å². The molecule has 1 aromatic carbocycles. The molecule has 1 aromatic rings. The molecular formula is C18H23N3O2. The van der Waals surface area contributed by atoms with E-state index in [2.05, 4.69) is 22.8 Å². The summed E-state index contributed by atoms with van der Waals surface area (Å²) in [4.78, 5) is 26.2. The first kappa shape index (κ1) is 14.5. The predicted octanol–water partition coefficient (Wildman–Crippen LogP) is 2.00. The van der Waals surface area contributed by atoms with Gasteiger partial charge in [0.1, 0.15) is 0 Å². The van der Waals surface area contributed by atoms with Gasteiger partial charge in [-0.3, -0.25) is 4.79 Å². The van der Waals surface area contributed by atoms with Crippen molar-refractivity contribution in [3.05, 3.63) is 35.9 Å². The zero-order valence-electron chi connectivity index (χ0n) is 13.3. The fraction of sp³-hybridized carbons (Fsp3) is 0.556. The lowest BCUT2D eigenvalue weighted by atomic mass is 9.74. The molecular weight excluding hydrogens is 290 g/mol. The van der Waals surface area contributed by atoms with Gasteiger partial charge in [0.05, 0.1) is 5.54 Å². The van der Waals surface area contributed by atoms with Crippen LogP contribution in [0.5, 0.6) is 0 Å². The van der Waals surface area contributed by atoms with Crippen molar-refractivity contribution < 1.29 is 9.59 Å². The number of rotatable bonds is 2. The van der Waals surface area contributed by atoms with Crippen molar-refractivity contribution in [2.45, 2.75) is 49.6 Å². The maximum Gasteiger partial charge on any atom is 0.317 e. The van der Waals surface area contributed by atoms with Crippen LogP contribution in [0.2, 0.25) is 0 Å². The molecule has 0 radical (unpaired) electrons. The molecule has 1 spiro atoms. The second-order valence-electron chi connectivity index (χ2n) is 7.08. The van der Waals surface area contributed by atoms with Gasteiger partial charge >= 0.3 is 6.03 Å². The van der Waals surface area contributed by atoms with E-state index in [1.165, 1.54) is 5.56 Å². The Morgan fingerprint density at radius 2 is 1.87 bits per heavy atom. The number of nitrogens with zero attached hydrogens (tertiary/aromatic N) is 1. The Morgan fingerprint density at radius 1 is 1.17 bits per heavy atom. The fourth-order valence-electron chi connectivity index (χ4n) is 3.99. The Kier molecular flexibility index (Phi) is 3.51. The fourth-order valence-corrected chi connectivity index (χ4v) is 3.99. The number of carbonyl (C=O) groups excluding carboxylic acids is 2. The summed E-state index contributed by atoms with van der Waals surface area (Å²) in [5.74, 6) is 0.347. The predicted molar refractivity (Wildman–Crippen MR) is 87.0 cm³/mol. The van der Waals surface area contributed by atoms with E-state index in [1.54, 1.807) is 0 Å². The van der Waals surface area contributed by atoms with E-state index >= 15 is 0 Å². The van der Waals surface area contributed by atoms with Crippen LogP contribution in [-0.4, -0.2) is 41.5 Å². The summed E-state index contributed by atoms with van der Waals surface area (Å²) in [7, 11) is 0. The van der Waals surface area contributed by atoms with Crippen molar-refractivity contribution in [2.75, 3.05) is 13.1 Å². The normalized spacial score (nSPS) is 26.2. The molecule has 2 heterocycles. The number of urea groups is 1. The van der Waals surface area contributed by atoms with Gasteiger partial charge < -0.3 is 15.5 Å². The van der Waals surface area contributed by atoms with Gasteiger partial charge in [0, 0.05) is 31.5 Å². The maximum absolute atomic E-state index is 12.2. The van der Waals surface area contributed by atoms with Crippen molar-refractivity contribution >= 4 is 11.9 Å². The Bertz CT molecular complexity index is 604. The molecule has 1 saturated carbocycles. The van der Waals surface area contributed by atoms with Crippen molar-refractivity contribution in [1.29, 1.82) is 0 Å². The molecule has 0 bridgehead atoms.